The van der Waals surface area contributed by atoms with Gasteiger partial charge < -0.3 is 25.2 Å². The van der Waals surface area contributed by atoms with Gasteiger partial charge in [-0.25, -0.2) is 0 Å². The fraction of sp³-hybridized carbons (Fsp3) is 0.643. The molecule has 1 aliphatic heterocycles. The van der Waals surface area contributed by atoms with Gasteiger partial charge in [-0.3, -0.25) is 4.79 Å². The number of aliphatic hydroxyl groups excluding tert-OH is 1. The third kappa shape index (κ3) is 3.13. The molecule has 6 nitrogen and oxygen atoms in total. The maximum atomic E-state index is 12.7. The lowest BCUT2D eigenvalue weighted by Gasteiger charge is -2.37. The fourth-order valence-corrected chi connectivity index (χ4v) is 2.81. The van der Waals surface area contributed by atoms with E-state index in [2.05, 4.69) is 11.9 Å². The van der Waals surface area contributed by atoms with E-state index < -0.39 is 0 Å². The summed E-state index contributed by atoms with van der Waals surface area (Å²) in [4.78, 5) is 16.7. The van der Waals surface area contributed by atoms with Crippen LogP contribution >= 0.6 is 0 Å². The maximum absolute atomic E-state index is 12.7. The van der Waals surface area contributed by atoms with Crippen molar-refractivity contribution in [1.82, 2.24) is 14.4 Å². The highest BCUT2D eigenvalue weighted by Crippen LogP contribution is 2.19. The van der Waals surface area contributed by atoms with Crippen molar-refractivity contribution in [3.05, 3.63) is 18.0 Å². The first kappa shape index (κ1) is 14.9. The number of amides is 1. The predicted molar refractivity (Wildman–Crippen MR) is 78.5 cm³/mol. The number of carbonyl (C=O) groups excluding carboxylic acids is 1. The van der Waals surface area contributed by atoms with Crippen molar-refractivity contribution in [2.45, 2.75) is 18.9 Å². The summed E-state index contributed by atoms with van der Waals surface area (Å²) in [6, 6.07) is 1.89. The lowest BCUT2D eigenvalue weighted by Crippen LogP contribution is -2.48. The number of hydrogen-bond acceptors (Lipinski definition) is 4. The van der Waals surface area contributed by atoms with Crippen molar-refractivity contribution in [3.63, 3.8) is 0 Å². The standard InChI is InChI=1S/C14H24N4O2/c1-16-5-3-12(4-6-16)18(7-8-19)14(20)13-9-11(15)10-17(13)2/h9-10,12,19H,3-8,15H2,1-2H3. The largest absolute Gasteiger partial charge is 0.397 e. The third-order valence-electron chi connectivity index (χ3n) is 3.98. The lowest BCUT2D eigenvalue weighted by atomic mass is 10.0. The van der Waals surface area contributed by atoms with Crippen molar-refractivity contribution >= 4 is 11.6 Å². The van der Waals surface area contributed by atoms with Gasteiger partial charge in [0.2, 0.25) is 0 Å². The molecule has 0 radical (unpaired) electrons. The molecule has 6 heteroatoms. The van der Waals surface area contributed by atoms with Crippen LogP contribution in [0.4, 0.5) is 5.69 Å². The van der Waals surface area contributed by atoms with E-state index in [0.29, 0.717) is 17.9 Å². The van der Waals surface area contributed by atoms with Gasteiger partial charge in [0, 0.05) is 25.8 Å². The molecule has 1 aromatic rings. The Morgan fingerprint density at radius 1 is 1.45 bits per heavy atom. The minimum Gasteiger partial charge on any atom is -0.397 e. The van der Waals surface area contributed by atoms with Crippen molar-refractivity contribution in [3.8, 4) is 0 Å². The highest BCUT2D eigenvalue weighted by atomic mass is 16.3. The van der Waals surface area contributed by atoms with Crippen LogP contribution in [0, 0.1) is 0 Å². The highest BCUT2D eigenvalue weighted by molar-refractivity contribution is 5.94. The zero-order valence-electron chi connectivity index (χ0n) is 12.2. The first-order valence-corrected chi connectivity index (χ1v) is 7.05. The Balaban J connectivity index is 2.15. The van der Waals surface area contributed by atoms with Crippen LogP contribution in [0.3, 0.4) is 0 Å². The minimum absolute atomic E-state index is 0.0159. The van der Waals surface area contributed by atoms with Crippen molar-refractivity contribution in [2.24, 2.45) is 7.05 Å². The van der Waals surface area contributed by atoms with Crippen LogP contribution in [-0.4, -0.2) is 64.7 Å². The molecule has 2 rings (SSSR count). The van der Waals surface area contributed by atoms with Crippen LogP contribution < -0.4 is 5.73 Å². The molecule has 0 atom stereocenters. The van der Waals surface area contributed by atoms with Crippen LogP contribution in [-0.2, 0) is 7.05 Å². The molecule has 0 bridgehead atoms. The zero-order valence-corrected chi connectivity index (χ0v) is 12.2. The van der Waals surface area contributed by atoms with E-state index in [1.54, 1.807) is 21.7 Å². The Morgan fingerprint density at radius 2 is 2.10 bits per heavy atom. The number of nitrogen functional groups attached to an aromatic ring is 1. The van der Waals surface area contributed by atoms with Gasteiger partial charge in [0.05, 0.1) is 12.3 Å². The maximum Gasteiger partial charge on any atom is 0.270 e. The van der Waals surface area contributed by atoms with Crippen LogP contribution in [0.5, 0.6) is 0 Å². The molecular weight excluding hydrogens is 256 g/mol. The first-order chi connectivity index (χ1) is 9.52. The number of likely N-dealkylation sites (tertiary alicyclic amines) is 1. The number of rotatable bonds is 4. The van der Waals surface area contributed by atoms with Crippen LogP contribution in [0.1, 0.15) is 23.3 Å². The second-order valence-corrected chi connectivity index (χ2v) is 5.53. The molecule has 0 spiro atoms. The minimum atomic E-state index is -0.0483. The summed E-state index contributed by atoms with van der Waals surface area (Å²) >= 11 is 0. The van der Waals surface area contributed by atoms with E-state index in [4.69, 9.17) is 5.73 Å². The normalized spacial score (nSPS) is 17.4. The van der Waals surface area contributed by atoms with Crippen molar-refractivity contribution in [1.29, 1.82) is 0 Å². The zero-order chi connectivity index (χ0) is 14.7. The lowest BCUT2D eigenvalue weighted by molar-refractivity contribution is 0.0531. The number of anilines is 1. The second-order valence-electron chi connectivity index (χ2n) is 5.53. The summed E-state index contributed by atoms with van der Waals surface area (Å²) in [5, 5.41) is 9.25. The van der Waals surface area contributed by atoms with Gasteiger partial charge >= 0.3 is 0 Å². The third-order valence-corrected chi connectivity index (χ3v) is 3.98. The molecule has 1 amide bonds. The molecule has 0 aromatic carbocycles. The summed E-state index contributed by atoms with van der Waals surface area (Å²) in [5.74, 6) is -0.0483. The van der Waals surface area contributed by atoms with E-state index in [-0.39, 0.29) is 18.6 Å². The van der Waals surface area contributed by atoms with E-state index in [1.807, 2.05) is 7.05 Å². The van der Waals surface area contributed by atoms with E-state index in [9.17, 15) is 9.90 Å². The predicted octanol–water partition coefficient (Wildman–Crippen LogP) is 0.136. The Kier molecular flexibility index (Phi) is 4.67. The Hall–Kier alpha value is -1.53. The van der Waals surface area contributed by atoms with E-state index >= 15 is 0 Å². The van der Waals surface area contributed by atoms with Crippen LogP contribution in [0.2, 0.25) is 0 Å². The number of aliphatic hydroxyl groups is 1. The molecule has 0 aliphatic carbocycles. The number of nitrogens with two attached hydrogens (primary N) is 1. The molecule has 0 unspecified atom stereocenters. The molecule has 1 aliphatic rings. The molecule has 20 heavy (non-hydrogen) atoms. The Labute approximate surface area is 119 Å². The smallest absolute Gasteiger partial charge is 0.270 e. The number of nitrogens with zero attached hydrogens (tertiary/aromatic N) is 3. The van der Waals surface area contributed by atoms with Gasteiger partial charge in [-0.15, -0.1) is 0 Å². The van der Waals surface area contributed by atoms with Gasteiger partial charge in [-0.2, -0.15) is 0 Å². The first-order valence-electron chi connectivity index (χ1n) is 7.05. The molecule has 1 saturated heterocycles. The molecule has 2 heterocycles. The molecule has 112 valence electrons. The fourth-order valence-electron chi connectivity index (χ4n) is 2.81. The Bertz CT molecular complexity index is 464. The van der Waals surface area contributed by atoms with E-state index in [0.717, 1.165) is 25.9 Å². The molecule has 1 aromatic heterocycles. The van der Waals surface area contributed by atoms with Gasteiger partial charge in [-0.05, 0) is 39.0 Å². The van der Waals surface area contributed by atoms with Gasteiger partial charge in [0.1, 0.15) is 5.69 Å². The summed E-state index contributed by atoms with van der Waals surface area (Å²) in [7, 11) is 3.90. The monoisotopic (exact) mass is 280 g/mol. The summed E-state index contributed by atoms with van der Waals surface area (Å²) < 4.78 is 1.75. The highest BCUT2D eigenvalue weighted by Gasteiger charge is 2.28. The van der Waals surface area contributed by atoms with Crippen LogP contribution in [0.25, 0.3) is 0 Å². The number of piperidine rings is 1. The van der Waals surface area contributed by atoms with Crippen LogP contribution in [0.15, 0.2) is 12.3 Å². The van der Waals surface area contributed by atoms with Crippen molar-refractivity contribution < 1.29 is 9.90 Å². The number of aryl methyl sites for hydroxylation is 1. The van der Waals surface area contributed by atoms with Gasteiger partial charge in [0.25, 0.3) is 5.91 Å². The van der Waals surface area contributed by atoms with Gasteiger partial charge in [0.15, 0.2) is 0 Å². The van der Waals surface area contributed by atoms with E-state index in [1.165, 1.54) is 0 Å². The average molecular weight is 280 g/mol. The molecule has 0 saturated carbocycles. The average Bonchev–Trinajstić information content (AvgIpc) is 2.75. The molecule has 3 N–H and O–H groups in total. The number of aromatic nitrogens is 1. The summed E-state index contributed by atoms with van der Waals surface area (Å²) in [6.07, 6.45) is 3.63. The summed E-state index contributed by atoms with van der Waals surface area (Å²) in [6.45, 7) is 2.32. The topological polar surface area (TPSA) is 74.7 Å². The molecule has 1 fully saturated rings. The number of hydrogen-bond donors (Lipinski definition) is 2. The number of carbonyl (C=O) groups is 1. The van der Waals surface area contributed by atoms with Gasteiger partial charge in [-0.1, -0.05) is 0 Å². The quantitative estimate of drug-likeness (QED) is 0.822. The SMILES string of the molecule is CN1CCC(N(CCO)C(=O)c2cc(N)cn2C)CC1. The molecular formula is C14H24N4O2. The Morgan fingerprint density at radius 3 is 2.60 bits per heavy atom. The summed E-state index contributed by atoms with van der Waals surface area (Å²) in [5.41, 5.74) is 6.91. The second kappa shape index (κ2) is 6.28. The van der Waals surface area contributed by atoms with Crippen molar-refractivity contribution in [2.75, 3.05) is 39.0 Å².